The fourth-order valence-electron chi connectivity index (χ4n) is 0.989. The normalized spacial score (nSPS) is 10.7. The Morgan fingerprint density at radius 1 is 1.67 bits per heavy atom. The summed E-state index contributed by atoms with van der Waals surface area (Å²) in [6, 6.07) is 0.908. The van der Waals surface area contributed by atoms with Gasteiger partial charge in [-0.3, -0.25) is 0 Å². The van der Waals surface area contributed by atoms with Gasteiger partial charge in [-0.05, 0) is 28.7 Å². The topological polar surface area (TPSA) is 50.2 Å². The van der Waals surface area contributed by atoms with Gasteiger partial charge in [-0.2, -0.15) is 0 Å². The molecule has 0 saturated heterocycles. The lowest BCUT2D eigenvalue weighted by molar-refractivity contribution is 0.0695. The van der Waals surface area contributed by atoms with Gasteiger partial charge in [0, 0.05) is 10.9 Å². The summed E-state index contributed by atoms with van der Waals surface area (Å²) >= 11 is 4.83. The minimum absolute atomic E-state index is 0.137. The van der Waals surface area contributed by atoms with Crippen LogP contribution in [0.1, 0.15) is 28.0 Å². The van der Waals surface area contributed by atoms with Crippen LogP contribution < -0.4 is 0 Å². The van der Waals surface area contributed by atoms with Gasteiger partial charge in [0.05, 0.1) is 5.56 Å². The molecule has 0 aliphatic rings. The number of alkyl halides is 3. The van der Waals surface area contributed by atoms with Crippen LogP contribution in [0.3, 0.4) is 0 Å². The summed E-state index contributed by atoms with van der Waals surface area (Å²) in [7, 11) is 0. The average Bonchev–Trinajstić information content (AvgIpc) is 2.16. The van der Waals surface area contributed by atoms with Crippen LogP contribution in [0.4, 0.5) is 8.78 Å². The predicted octanol–water partition coefficient (Wildman–Crippen LogP) is 3.22. The molecule has 0 bridgehead atoms. The smallest absolute Gasteiger partial charge is 0.336 e. The van der Waals surface area contributed by atoms with E-state index in [1.165, 1.54) is 0 Å². The molecule has 7 heteroatoms. The minimum atomic E-state index is -2.76. The summed E-state index contributed by atoms with van der Waals surface area (Å²) in [5.41, 5.74) is -0.240. The fourth-order valence-corrected chi connectivity index (χ4v) is 2.84. The Labute approximate surface area is 106 Å². The molecule has 3 nitrogen and oxygen atoms in total. The molecule has 0 radical (unpaired) electrons. The number of hydrogen-bond donors (Lipinski definition) is 1. The molecule has 0 unspecified atom stereocenters. The highest BCUT2D eigenvalue weighted by molar-refractivity contribution is 14.1. The molecule has 1 aromatic heterocycles. The second-order valence-electron chi connectivity index (χ2n) is 2.60. The number of hydrogen-bond acceptors (Lipinski definition) is 2. The van der Waals surface area contributed by atoms with Crippen LogP contribution >= 0.6 is 38.5 Å². The SMILES string of the molecule is O=C(O)c1cc(C(F)F)nc(I)c1CBr. The van der Waals surface area contributed by atoms with Gasteiger partial charge in [-0.1, -0.05) is 15.9 Å². The molecule has 0 aliphatic carbocycles. The summed E-state index contributed by atoms with van der Waals surface area (Å²) in [6.45, 7) is 0. The predicted molar refractivity (Wildman–Crippen MR) is 61.5 cm³/mol. The first-order valence-electron chi connectivity index (χ1n) is 3.74. The van der Waals surface area contributed by atoms with Crippen molar-refractivity contribution in [1.29, 1.82) is 0 Å². The van der Waals surface area contributed by atoms with Gasteiger partial charge in [0.2, 0.25) is 0 Å². The van der Waals surface area contributed by atoms with Crippen molar-refractivity contribution in [2.75, 3.05) is 0 Å². The molecule has 0 aliphatic heterocycles. The summed E-state index contributed by atoms with van der Waals surface area (Å²) in [4.78, 5) is 14.4. The van der Waals surface area contributed by atoms with Crippen molar-refractivity contribution in [3.8, 4) is 0 Å². The third kappa shape index (κ3) is 2.83. The van der Waals surface area contributed by atoms with E-state index < -0.39 is 18.1 Å². The van der Waals surface area contributed by atoms with Crippen molar-refractivity contribution in [2.24, 2.45) is 0 Å². The van der Waals surface area contributed by atoms with Crippen molar-refractivity contribution in [3.05, 3.63) is 26.6 Å². The van der Waals surface area contributed by atoms with E-state index in [-0.39, 0.29) is 14.6 Å². The van der Waals surface area contributed by atoms with Crippen LogP contribution in [-0.2, 0) is 5.33 Å². The maximum atomic E-state index is 12.4. The molecule has 0 spiro atoms. The quantitative estimate of drug-likeness (QED) is 0.489. The zero-order valence-corrected chi connectivity index (χ0v) is 10.9. The van der Waals surface area contributed by atoms with Crippen molar-refractivity contribution < 1.29 is 18.7 Å². The van der Waals surface area contributed by atoms with Crippen LogP contribution in [0.5, 0.6) is 0 Å². The molecule has 1 rings (SSSR count). The van der Waals surface area contributed by atoms with E-state index in [0.717, 1.165) is 6.07 Å². The average molecular weight is 392 g/mol. The molecule has 0 saturated carbocycles. The third-order valence-corrected chi connectivity index (χ3v) is 3.13. The maximum Gasteiger partial charge on any atom is 0.336 e. The summed E-state index contributed by atoms with van der Waals surface area (Å²) in [5.74, 6) is -1.23. The van der Waals surface area contributed by atoms with Crippen molar-refractivity contribution >= 4 is 44.5 Å². The molecular weight excluding hydrogens is 387 g/mol. The van der Waals surface area contributed by atoms with Crippen molar-refractivity contribution in [2.45, 2.75) is 11.8 Å². The van der Waals surface area contributed by atoms with Gasteiger partial charge in [-0.15, -0.1) is 0 Å². The zero-order chi connectivity index (χ0) is 11.6. The van der Waals surface area contributed by atoms with E-state index in [9.17, 15) is 13.6 Å². The molecule has 0 aromatic carbocycles. The van der Waals surface area contributed by atoms with Gasteiger partial charge in [0.25, 0.3) is 6.43 Å². The molecule has 15 heavy (non-hydrogen) atoms. The number of aromatic carboxylic acids is 1. The molecular formula is C8H5BrF2INO2. The lowest BCUT2D eigenvalue weighted by Gasteiger charge is -2.07. The van der Waals surface area contributed by atoms with E-state index >= 15 is 0 Å². The Morgan fingerprint density at radius 2 is 2.27 bits per heavy atom. The highest BCUT2D eigenvalue weighted by atomic mass is 127. The molecule has 1 N–H and O–H groups in total. The lowest BCUT2D eigenvalue weighted by Crippen LogP contribution is -2.07. The van der Waals surface area contributed by atoms with E-state index in [1.54, 1.807) is 22.6 Å². The number of pyridine rings is 1. The first-order valence-corrected chi connectivity index (χ1v) is 5.94. The second kappa shape index (κ2) is 5.15. The van der Waals surface area contributed by atoms with E-state index in [1.807, 2.05) is 0 Å². The zero-order valence-electron chi connectivity index (χ0n) is 7.18. The number of rotatable bonds is 3. The largest absolute Gasteiger partial charge is 0.478 e. The Kier molecular flexibility index (Phi) is 4.38. The van der Waals surface area contributed by atoms with E-state index in [2.05, 4.69) is 20.9 Å². The van der Waals surface area contributed by atoms with E-state index in [0.29, 0.717) is 5.56 Å². The molecule has 0 amide bonds. The molecule has 1 aromatic rings. The Hall–Kier alpha value is -0.310. The van der Waals surface area contributed by atoms with Gasteiger partial charge in [-0.25, -0.2) is 18.6 Å². The van der Waals surface area contributed by atoms with Gasteiger partial charge in [0.1, 0.15) is 9.39 Å². The monoisotopic (exact) mass is 391 g/mol. The first kappa shape index (κ1) is 12.8. The van der Waals surface area contributed by atoms with Crippen LogP contribution in [0, 0.1) is 3.70 Å². The fraction of sp³-hybridized carbons (Fsp3) is 0.250. The van der Waals surface area contributed by atoms with E-state index in [4.69, 9.17) is 5.11 Å². The minimum Gasteiger partial charge on any atom is -0.478 e. The lowest BCUT2D eigenvalue weighted by atomic mass is 10.1. The highest BCUT2D eigenvalue weighted by Gasteiger charge is 2.19. The Morgan fingerprint density at radius 3 is 2.67 bits per heavy atom. The first-order chi connectivity index (χ1) is 6.97. The number of aromatic nitrogens is 1. The Balaban J connectivity index is 3.38. The number of carboxylic acids is 1. The summed E-state index contributed by atoms with van der Waals surface area (Å²) in [6.07, 6.45) is -2.76. The van der Waals surface area contributed by atoms with Crippen LogP contribution in [0.2, 0.25) is 0 Å². The van der Waals surface area contributed by atoms with Crippen molar-refractivity contribution in [3.63, 3.8) is 0 Å². The highest BCUT2D eigenvalue weighted by Crippen LogP contribution is 2.24. The molecule has 82 valence electrons. The van der Waals surface area contributed by atoms with Crippen LogP contribution in [0.15, 0.2) is 6.07 Å². The van der Waals surface area contributed by atoms with Crippen molar-refractivity contribution in [1.82, 2.24) is 4.98 Å². The van der Waals surface area contributed by atoms with Crippen LogP contribution in [-0.4, -0.2) is 16.1 Å². The van der Waals surface area contributed by atoms with Gasteiger partial charge < -0.3 is 5.11 Å². The number of nitrogens with zero attached hydrogens (tertiary/aromatic N) is 1. The Bertz CT molecular complexity index is 400. The van der Waals surface area contributed by atoms with Gasteiger partial charge >= 0.3 is 5.97 Å². The number of carbonyl (C=O) groups is 1. The number of halogens is 4. The molecule has 1 heterocycles. The summed E-state index contributed by atoms with van der Waals surface area (Å²) in [5, 5.41) is 9.10. The summed E-state index contributed by atoms with van der Waals surface area (Å²) < 4.78 is 25.0. The van der Waals surface area contributed by atoms with Crippen LogP contribution in [0.25, 0.3) is 0 Å². The second-order valence-corrected chi connectivity index (χ2v) is 4.19. The molecule has 0 fully saturated rings. The standard InChI is InChI=1S/C8H5BrF2INO2/c9-2-4-3(8(14)15)1-5(6(10)11)13-7(4)12/h1,6H,2H2,(H,14,15). The third-order valence-electron chi connectivity index (χ3n) is 1.68. The van der Waals surface area contributed by atoms with Gasteiger partial charge in [0.15, 0.2) is 0 Å². The molecule has 0 atom stereocenters. The number of carboxylic acid groups (broad SMARTS) is 1. The maximum absolute atomic E-state index is 12.4.